The van der Waals surface area contributed by atoms with Gasteiger partial charge in [-0.2, -0.15) is 0 Å². The van der Waals surface area contributed by atoms with Gasteiger partial charge in [-0.05, 0) is 30.4 Å². The van der Waals surface area contributed by atoms with Gasteiger partial charge in [-0.25, -0.2) is 13.8 Å². The molecule has 2 aromatic heterocycles. The topological polar surface area (TPSA) is 59.5 Å². The lowest BCUT2D eigenvalue weighted by Gasteiger charge is -2.21. The van der Waals surface area contributed by atoms with Crippen LogP contribution in [0.1, 0.15) is 37.3 Å². The second kappa shape index (κ2) is 9.41. The highest BCUT2D eigenvalue weighted by Gasteiger charge is 2.23. The first-order valence-corrected chi connectivity index (χ1v) is 10.9. The summed E-state index contributed by atoms with van der Waals surface area (Å²) in [6.45, 7) is 4.08. The number of carbonyl (C=O) groups excluding carboxylic acids is 2. The maximum Gasteiger partial charge on any atom is 0.306 e. The van der Waals surface area contributed by atoms with Crippen molar-refractivity contribution in [3.05, 3.63) is 45.8 Å². The lowest BCUT2D eigenvalue weighted by Crippen LogP contribution is -2.30. The summed E-state index contributed by atoms with van der Waals surface area (Å²) in [5, 5.41) is 3.16. The lowest BCUT2D eigenvalue weighted by molar-refractivity contribution is -0.144. The Morgan fingerprint density at radius 3 is 2.72 bits per heavy atom. The van der Waals surface area contributed by atoms with Crippen molar-refractivity contribution < 1.29 is 23.1 Å². The first kappa shape index (κ1) is 21.3. The summed E-state index contributed by atoms with van der Waals surface area (Å²) in [5.74, 6) is -2.05. The van der Waals surface area contributed by atoms with Crippen LogP contribution in [0.2, 0.25) is 0 Å². The lowest BCUT2D eigenvalue weighted by atomic mass is 10.2. The van der Waals surface area contributed by atoms with Gasteiger partial charge in [0.2, 0.25) is 5.91 Å². The molecule has 154 valence electrons. The molecule has 0 aliphatic carbocycles. The molecule has 2 heterocycles. The molecule has 0 unspecified atom stereocenters. The molecule has 3 rings (SSSR count). The monoisotopic (exact) mass is 438 g/mol. The molecule has 9 heteroatoms. The number of hydrogen-bond donors (Lipinski definition) is 0. The van der Waals surface area contributed by atoms with Gasteiger partial charge in [0, 0.05) is 18.6 Å². The maximum atomic E-state index is 14.0. The van der Waals surface area contributed by atoms with Crippen LogP contribution in [-0.2, 0) is 27.3 Å². The maximum absolute atomic E-state index is 14.0. The van der Waals surface area contributed by atoms with Crippen LogP contribution in [0.3, 0.4) is 0 Å². The summed E-state index contributed by atoms with van der Waals surface area (Å²) < 4.78 is 32.7. The molecule has 0 atom stereocenters. The van der Waals surface area contributed by atoms with Crippen molar-refractivity contribution in [3.8, 4) is 0 Å². The quantitative estimate of drug-likeness (QED) is 0.461. The van der Waals surface area contributed by atoms with Crippen LogP contribution in [0.5, 0.6) is 0 Å². The Balaban J connectivity index is 1.88. The van der Waals surface area contributed by atoms with E-state index in [0.29, 0.717) is 5.01 Å². The number of aryl methyl sites for hydroxylation is 1. The van der Waals surface area contributed by atoms with Crippen molar-refractivity contribution in [3.63, 3.8) is 0 Å². The highest BCUT2D eigenvalue weighted by Crippen LogP contribution is 2.33. The number of aromatic nitrogens is 1. The summed E-state index contributed by atoms with van der Waals surface area (Å²) >= 11 is 2.51. The number of halogens is 2. The van der Waals surface area contributed by atoms with Crippen LogP contribution in [0.4, 0.5) is 13.8 Å². The van der Waals surface area contributed by atoms with Gasteiger partial charge in [0.15, 0.2) is 0 Å². The number of fused-ring (bicyclic) bond motifs is 1. The fraction of sp³-hybridized carbons (Fsp3) is 0.350. The molecule has 5 nitrogen and oxygen atoms in total. The molecule has 0 saturated carbocycles. The molecule has 29 heavy (non-hydrogen) atoms. The number of thiophene rings is 1. The third-order valence-electron chi connectivity index (χ3n) is 4.25. The Hall–Kier alpha value is -2.39. The molecule has 0 fully saturated rings. The van der Waals surface area contributed by atoms with E-state index < -0.39 is 17.6 Å². The van der Waals surface area contributed by atoms with Gasteiger partial charge in [-0.3, -0.25) is 14.5 Å². The second-order valence-electron chi connectivity index (χ2n) is 6.23. The van der Waals surface area contributed by atoms with E-state index in [0.717, 1.165) is 34.4 Å². The Morgan fingerprint density at radius 1 is 1.21 bits per heavy atom. The number of esters is 1. The second-order valence-corrected chi connectivity index (χ2v) is 8.21. The van der Waals surface area contributed by atoms with Crippen LogP contribution in [0.25, 0.3) is 10.2 Å². The zero-order chi connectivity index (χ0) is 21.0. The average Bonchev–Trinajstić information content (AvgIpc) is 3.30. The van der Waals surface area contributed by atoms with Crippen molar-refractivity contribution in [2.24, 2.45) is 0 Å². The first-order valence-electron chi connectivity index (χ1n) is 9.19. The molecule has 0 bridgehead atoms. The molecule has 0 spiro atoms. The highest BCUT2D eigenvalue weighted by atomic mass is 32.1. The van der Waals surface area contributed by atoms with Crippen LogP contribution >= 0.6 is 22.7 Å². The molecule has 0 radical (unpaired) electrons. The minimum absolute atomic E-state index is 0.00618. The molecule has 0 N–H and O–H groups in total. The number of hydrogen-bond acceptors (Lipinski definition) is 6. The predicted octanol–water partition coefficient (Wildman–Crippen LogP) is 5.07. The van der Waals surface area contributed by atoms with Crippen molar-refractivity contribution in [2.75, 3.05) is 11.5 Å². The van der Waals surface area contributed by atoms with Crippen LogP contribution in [-0.4, -0.2) is 23.5 Å². The number of carbonyl (C=O) groups is 2. The van der Waals surface area contributed by atoms with Gasteiger partial charge < -0.3 is 4.74 Å². The van der Waals surface area contributed by atoms with E-state index >= 15 is 0 Å². The number of amides is 1. The molecule has 3 aromatic rings. The third kappa shape index (κ3) is 4.97. The van der Waals surface area contributed by atoms with E-state index in [1.165, 1.54) is 17.4 Å². The predicted molar refractivity (Wildman–Crippen MR) is 110 cm³/mol. The average molecular weight is 439 g/mol. The van der Waals surface area contributed by atoms with Crippen molar-refractivity contribution in [1.82, 2.24) is 4.98 Å². The fourth-order valence-electron chi connectivity index (χ4n) is 2.89. The van der Waals surface area contributed by atoms with E-state index in [9.17, 15) is 18.4 Å². The molecule has 0 aliphatic heterocycles. The van der Waals surface area contributed by atoms with Crippen molar-refractivity contribution in [2.45, 2.75) is 39.7 Å². The number of thiazole rings is 1. The van der Waals surface area contributed by atoms with Gasteiger partial charge in [0.1, 0.15) is 21.6 Å². The standard InChI is InChI=1S/C20H20F2N2O3S2/c1-3-12-7-8-28-20(12)24(17(25)5-6-18(26)27-4-2)11-16-23-15-10-13(21)9-14(22)19(15)29-16/h7-10H,3-6,11H2,1-2H3. The molecule has 1 amide bonds. The van der Waals surface area contributed by atoms with E-state index in [1.807, 2.05) is 18.4 Å². The third-order valence-corrected chi connectivity index (χ3v) is 6.29. The summed E-state index contributed by atoms with van der Waals surface area (Å²) in [6, 6.07) is 3.94. The number of ether oxygens (including phenoxy) is 1. The summed E-state index contributed by atoms with van der Waals surface area (Å²) in [6.07, 6.45) is 0.712. The SMILES string of the molecule is CCOC(=O)CCC(=O)N(Cc1nc2cc(F)cc(F)c2s1)c1sccc1CC. The van der Waals surface area contributed by atoms with Crippen LogP contribution in [0, 0.1) is 11.6 Å². The zero-order valence-electron chi connectivity index (χ0n) is 16.0. The molecule has 0 aliphatic rings. The zero-order valence-corrected chi connectivity index (χ0v) is 17.7. The summed E-state index contributed by atoms with van der Waals surface area (Å²) in [5.41, 5.74) is 1.22. The Labute approximate surface area is 174 Å². The van der Waals surface area contributed by atoms with Gasteiger partial charge in [-0.1, -0.05) is 6.92 Å². The molecule has 1 aromatic carbocycles. The smallest absolute Gasteiger partial charge is 0.306 e. The molecular weight excluding hydrogens is 418 g/mol. The largest absolute Gasteiger partial charge is 0.466 e. The van der Waals surface area contributed by atoms with Crippen molar-refractivity contribution >= 4 is 49.8 Å². The Bertz CT molecular complexity index is 1030. The number of anilines is 1. The molecule has 0 saturated heterocycles. The van der Waals surface area contributed by atoms with Gasteiger partial charge >= 0.3 is 5.97 Å². The van der Waals surface area contributed by atoms with Gasteiger partial charge in [0.05, 0.1) is 29.8 Å². The first-order chi connectivity index (χ1) is 13.9. The number of nitrogens with zero attached hydrogens (tertiary/aromatic N) is 2. The van der Waals surface area contributed by atoms with Crippen LogP contribution < -0.4 is 4.90 Å². The normalized spacial score (nSPS) is 11.0. The van der Waals surface area contributed by atoms with Crippen molar-refractivity contribution in [1.29, 1.82) is 0 Å². The van der Waals surface area contributed by atoms with E-state index in [1.54, 1.807) is 11.8 Å². The minimum Gasteiger partial charge on any atom is -0.466 e. The molecular formula is C20H20F2N2O3S2. The Kier molecular flexibility index (Phi) is 6.92. The van der Waals surface area contributed by atoms with Crippen LogP contribution in [0.15, 0.2) is 23.6 Å². The fourth-order valence-corrected chi connectivity index (χ4v) is 4.85. The summed E-state index contributed by atoms with van der Waals surface area (Å²) in [7, 11) is 0. The van der Waals surface area contributed by atoms with E-state index in [-0.39, 0.29) is 42.1 Å². The Morgan fingerprint density at radius 2 is 2.00 bits per heavy atom. The highest BCUT2D eigenvalue weighted by molar-refractivity contribution is 7.18. The van der Waals surface area contributed by atoms with E-state index in [2.05, 4.69) is 4.98 Å². The van der Waals surface area contributed by atoms with Gasteiger partial charge in [0.25, 0.3) is 0 Å². The number of rotatable bonds is 8. The van der Waals surface area contributed by atoms with E-state index in [4.69, 9.17) is 4.74 Å². The van der Waals surface area contributed by atoms with Gasteiger partial charge in [-0.15, -0.1) is 22.7 Å². The number of benzene rings is 1. The summed E-state index contributed by atoms with van der Waals surface area (Å²) in [4.78, 5) is 30.4. The minimum atomic E-state index is -0.694.